The largest absolute Gasteiger partial charge is 0.466 e. The van der Waals surface area contributed by atoms with Gasteiger partial charge in [-0.25, -0.2) is 0 Å². The van der Waals surface area contributed by atoms with Crippen molar-refractivity contribution in [3.8, 4) is 0 Å². The molecule has 1 fully saturated rings. The molecule has 0 radical (unpaired) electrons. The number of nitrogens with one attached hydrogen (secondary N) is 1. The summed E-state index contributed by atoms with van der Waals surface area (Å²) in [4.78, 5) is 13.8. The molecule has 0 saturated heterocycles. The van der Waals surface area contributed by atoms with Crippen LogP contribution in [0.15, 0.2) is 0 Å². The van der Waals surface area contributed by atoms with Gasteiger partial charge >= 0.3 is 5.97 Å². The van der Waals surface area contributed by atoms with Gasteiger partial charge in [0.15, 0.2) is 0 Å². The molecule has 1 unspecified atom stereocenters. The second-order valence-corrected chi connectivity index (χ2v) is 5.28. The minimum atomic E-state index is -0.103. The van der Waals surface area contributed by atoms with E-state index in [-0.39, 0.29) is 11.9 Å². The average Bonchev–Trinajstić information content (AvgIpc) is 2.88. The molecule has 1 rings (SSSR count). The van der Waals surface area contributed by atoms with Crippen molar-refractivity contribution in [2.45, 2.75) is 45.6 Å². The Morgan fingerprint density at radius 3 is 2.72 bits per heavy atom. The minimum Gasteiger partial charge on any atom is -0.466 e. The summed E-state index contributed by atoms with van der Waals surface area (Å²) >= 11 is 0. The maximum atomic E-state index is 11.4. The lowest BCUT2D eigenvalue weighted by molar-refractivity contribution is -0.147. The molecule has 0 heterocycles. The topological polar surface area (TPSA) is 41.6 Å². The van der Waals surface area contributed by atoms with Crippen LogP contribution in [-0.4, -0.2) is 50.2 Å². The lowest BCUT2D eigenvalue weighted by atomic mass is 10.2. The zero-order valence-electron chi connectivity index (χ0n) is 12.1. The van der Waals surface area contributed by atoms with E-state index in [1.54, 1.807) is 0 Å². The van der Waals surface area contributed by atoms with Gasteiger partial charge in [-0.15, -0.1) is 0 Å². The molecule has 0 aromatic carbocycles. The van der Waals surface area contributed by atoms with Crippen molar-refractivity contribution in [3.63, 3.8) is 0 Å². The summed E-state index contributed by atoms with van der Waals surface area (Å²) in [6, 6.07) is 0.772. The molecule has 1 saturated carbocycles. The summed E-state index contributed by atoms with van der Waals surface area (Å²) in [7, 11) is 2.20. The minimum absolute atomic E-state index is 0.0539. The van der Waals surface area contributed by atoms with Crippen LogP contribution in [0, 0.1) is 5.92 Å². The molecule has 0 spiro atoms. The molecule has 0 aromatic heterocycles. The highest BCUT2D eigenvalue weighted by molar-refractivity contribution is 5.72. The molecule has 1 N–H and O–H groups in total. The first-order valence-electron chi connectivity index (χ1n) is 7.22. The predicted molar refractivity (Wildman–Crippen MR) is 73.6 cm³/mol. The van der Waals surface area contributed by atoms with Gasteiger partial charge in [-0.05, 0) is 26.8 Å². The van der Waals surface area contributed by atoms with E-state index < -0.39 is 0 Å². The van der Waals surface area contributed by atoms with Crippen LogP contribution in [0.2, 0.25) is 0 Å². The summed E-state index contributed by atoms with van der Waals surface area (Å²) in [6.07, 6.45) is 5.44. The molecular formula is C14H28N2O2. The van der Waals surface area contributed by atoms with Crippen LogP contribution < -0.4 is 5.32 Å². The number of hydrogen-bond donors (Lipinski definition) is 1. The zero-order chi connectivity index (χ0) is 13.4. The molecule has 1 aliphatic rings. The molecule has 4 nitrogen and oxygen atoms in total. The average molecular weight is 256 g/mol. The number of likely N-dealkylation sites (N-methyl/N-ethyl adjacent to an activating group) is 1. The van der Waals surface area contributed by atoms with E-state index >= 15 is 0 Å². The number of esters is 1. The van der Waals surface area contributed by atoms with Gasteiger partial charge in [-0.2, -0.15) is 0 Å². The molecule has 18 heavy (non-hydrogen) atoms. The SMILES string of the molecule is CCOC(=O)C(C)CNCCN(C)C1CCCC1. The van der Waals surface area contributed by atoms with Crippen molar-refractivity contribution in [3.05, 3.63) is 0 Å². The van der Waals surface area contributed by atoms with Crippen molar-refractivity contribution in [1.29, 1.82) is 0 Å². The van der Waals surface area contributed by atoms with Crippen LogP contribution >= 0.6 is 0 Å². The molecule has 0 aromatic rings. The zero-order valence-corrected chi connectivity index (χ0v) is 12.1. The first-order chi connectivity index (χ1) is 8.65. The monoisotopic (exact) mass is 256 g/mol. The maximum absolute atomic E-state index is 11.4. The lowest BCUT2D eigenvalue weighted by Crippen LogP contribution is -2.37. The van der Waals surface area contributed by atoms with E-state index in [2.05, 4.69) is 17.3 Å². The van der Waals surface area contributed by atoms with Crippen molar-refractivity contribution in [2.24, 2.45) is 5.92 Å². The van der Waals surface area contributed by atoms with Gasteiger partial charge in [0.1, 0.15) is 0 Å². The van der Waals surface area contributed by atoms with E-state index in [1.807, 2.05) is 13.8 Å². The predicted octanol–water partition coefficient (Wildman–Crippen LogP) is 1.65. The third kappa shape index (κ3) is 5.36. The summed E-state index contributed by atoms with van der Waals surface area (Å²) < 4.78 is 4.97. The number of rotatable bonds is 8. The highest BCUT2D eigenvalue weighted by Crippen LogP contribution is 2.21. The number of ether oxygens (including phenoxy) is 1. The molecule has 4 heteroatoms. The number of carbonyl (C=O) groups is 1. The van der Waals surface area contributed by atoms with Gasteiger partial charge in [0.25, 0.3) is 0 Å². The maximum Gasteiger partial charge on any atom is 0.309 e. The van der Waals surface area contributed by atoms with E-state index in [4.69, 9.17) is 4.74 Å². The van der Waals surface area contributed by atoms with E-state index in [0.717, 1.165) is 19.1 Å². The molecule has 0 aliphatic heterocycles. The summed E-state index contributed by atoms with van der Waals surface area (Å²) in [5.41, 5.74) is 0. The quantitative estimate of drug-likeness (QED) is 0.529. The number of nitrogens with zero attached hydrogens (tertiary/aromatic N) is 1. The fraction of sp³-hybridized carbons (Fsp3) is 0.929. The van der Waals surface area contributed by atoms with Crippen LogP contribution in [0.5, 0.6) is 0 Å². The third-order valence-electron chi connectivity index (χ3n) is 3.73. The van der Waals surface area contributed by atoms with Crippen molar-refractivity contribution >= 4 is 5.97 Å². The second-order valence-electron chi connectivity index (χ2n) is 5.28. The first-order valence-corrected chi connectivity index (χ1v) is 7.22. The highest BCUT2D eigenvalue weighted by Gasteiger charge is 2.19. The van der Waals surface area contributed by atoms with Gasteiger partial charge in [-0.3, -0.25) is 4.79 Å². The van der Waals surface area contributed by atoms with Crippen LogP contribution in [0.4, 0.5) is 0 Å². The Morgan fingerprint density at radius 2 is 2.11 bits per heavy atom. The normalized spacial score (nSPS) is 18.2. The Morgan fingerprint density at radius 1 is 1.44 bits per heavy atom. The van der Waals surface area contributed by atoms with Gasteiger partial charge in [-0.1, -0.05) is 19.8 Å². The Bertz CT molecular complexity index is 240. The standard InChI is InChI=1S/C14H28N2O2/c1-4-18-14(17)12(2)11-15-9-10-16(3)13-7-5-6-8-13/h12-13,15H,4-11H2,1-3H3. The molecule has 0 bridgehead atoms. The van der Waals surface area contributed by atoms with Crippen LogP contribution in [0.3, 0.4) is 0 Å². The van der Waals surface area contributed by atoms with Gasteiger partial charge in [0, 0.05) is 25.7 Å². The summed E-state index contributed by atoms with van der Waals surface area (Å²) in [5.74, 6) is -0.157. The van der Waals surface area contributed by atoms with Crippen molar-refractivity contribution in [2.75, 3.05) is 33.3 Å². The Hall–Kier alpha value is -0.610. The number of hydrogen-bond acceptors (Lipinski definition) is 4. The lowest BCUT2D eigenvalue weighted by Gasteiger charge is -2.24. The molecular weight excluding hydrogens is 228 g/mol. The fourth-order valence-corrected chi connectivity index (χ4v) is 2.47. The molecule has 1 atom stereocenters. The Kier molecular flexibility index (Phi) is 7.28. The fourth-order valence-electron chi connectivity index (χ4n) is 2.47. The molecule has 106 valence electrons. The third-order valence-corrected chi connectivity index (χ3v) is 3.73. The highest BCUT2D eigenvalue weighted by atomic mass is 16.5. The van der Waals surface area contributed by atoms with Crippen LogP contribution in [0.25, 0.3) is 0 Å². The van der Waals surface area contributed by atoms with E-state index in [9.17, 15) is 4.79 Å². The number of carbonyl (C=O) groups excluding carboxylic acids is 1. The van der Waals surface area contributed by atoms with E-state index in [0.29, 0.717) is 13.2 Å². The van der Waals surface area contributed by atoms with Crippen LogP contribution in [-0.2, 0) is 9.53 Å². The Balaban J connectivity index is 2.05. The molecule has 0 amide bonds. The van der Waals surface area contributed by atoms with Gasteiger partial charge in [0.05, 0.1) is 12.5 Å². The van der Waals surface area contributed by atoms with E-state index in [1.165, 1.54) is 25.7 Å². The molecule has 1 aliphatic carbocycles. The summed E-state index contributed by atoms with van der Waals surface area (Å²) in [6.45, 7) is 6.92. The van der Waals surface area contributed by atoms with Crippen LogP contribution in [0.1, 0.15) is 39.5 Å². The smallest absolute Gasteiger partial charge is 0.309 e. The van der Waals surface area contributed by atoms with Gasteiger partial charge < -0.3 is 15.0 Å². The van der Waals surface area contributed by atoms with Gasteiger partial charge in [0.2, 0.25) is 0 Å². The van der Waals surface area contributed by atoms with Crippen molar-refractivity contribution in [1.82, 2.24) is 10.2 Å². The second kappa shape index (κ2) is 8.48. The first kappa shape index (κ1) is 15.4. The Labute approximate surface area is 111 Å². The summed E-state index contributed by atoms with van der Waals surface area (Å²) in [5, 5.41) is 3.34. The van der Waals surface area contributed by atoms with Crippen molar-refractivity contribution < 1.29 is 9.53 Å².